The lowest BCUT2D eigenvalue weighted by atomic mass is 10.1. The first-order valence-corrected chi connectivity index (χ1v) is 5.61. The Morgan fingerprint density at radius 1 is 1.56 bits per heavy atom. The van der Waals surface area contributed by atoms with Crippen molar-refractivity contribution >= 4 is 21.6 Å². The molecular weight excluding hydrogens is 264 g/mol. The molecular formula is C7H4ClF2N3O2S. The lowest BCUT2D eigenvalue weighted by molar-refractivity contribution is 0.150. The van der Waals surface area contributed by atoms with Crippen LogP contribution in [-0.2, 0) is 10.0 Å². The van der Waals surface area contributed by atoms with Crippen LogP contribution >= 0.6 is 11.6 Å². The summed E-state index contributed by atoms with van der Waals surface area (Å²) in [6, 6.07) is 2.04. The van der Waals surface area contributed by atoms with E-state index in [0.29, 0.717) is 0 Å². The molecule has 2 N–H and O–H groups in total. The number of pyridine rings is 1. The first-order chi connectivity index (χ1) is 7.27. The summed E-state index contributed by atoms with van der Waals surface area (Å²) in [5, 5.41) is 11.9. The van der Waals surface area contributed by atoms with Crippen molar-refractivity contribution in [3.63, 3.8) is 0 Å². The van der Waals surface area contributed by atoms with Crippen LogP contribution in [0.25, 0.3) is 0 Å². The van der Waals surface area contributed by atoms with Crippen LogP contribution in [0.4, 0.5) is 8.78 Å². The van der Waals surface area contributed by atoms with Crippen molar-refractivity contribution < 1.29 is 17.2 Å². The maximum Gasteiger partial charge on any atom is 0.265 e. The summed E-state index contributed by atoms with van der Waals surface area (Å²) in [7, 11) is -4.38. The fourth-order valence-corrected chi connectivity index (χ4v) is 1.93. The first-order valence-electron chi connectivity index (χ1n) is 3.69. The zero-order valence-electron chi connectivity index (χ0n) is 7.49. The van der Waals surface area contributed by atoms with E-state index in [4.69, 9.17) is 22.0 Å². The Morgan fingerprint density at radius 2 is 2.12 bits per heavy atom. The number of nitrogens with zero attached hydrogens (tertiary/aromatic N) is 2. The molecule has 0 aromatic carbocycles. The molecule has 0 saturated heterocycles. The third-order valence-electron chi connectivity index (χ3n) is 1.60. The maximum atomic E-state index is 12.5. The Hall–Kier alpha value is -1.30. The van der Waals surface area contributed by atoms with Crippen molar-refractivity contribution in [3.8, 4) is 6.07 Å². The molecule has 0 atom stereocenters. The van der Waals surface area contributed by atoms with Gasteiger partial charge in [0.25, 0.3) is 16.4 Å². The van der Waals surface area contributed by atoms with Gasteiger partial charge in [-0.15, -0.1) is 0 Å². The van der Waals surface area contributed by atoms with Crippen molar-refractivity contribution in [2.45, 2.75) is 11.5 Å². The third kappa shape index (κ3) is 2.44. The number of hydrogen-bond donors (Lipinski definition) is 1. The molecule has 5 nitrogen and oxygen atoms in total. The van der Waals surface area contributed by atoms with Crippen molar-refractivity contribution in [1.29, 1.82) is 5.26 Å². The molecule has 0 aliphatic carbocycles. The highest BCUT2D eigenvalue weighted by atomic mass is 35.5. The smallest absolute Gasteiger partial charge is 0.223 e. The molecule has 86 valence electrons. The number of nitriles is 1. The average molecular weight is 268 g/mol. The first kappa shape index (κ1) is 12.8. The molecule has 1 heterocycles. The van der Waals surface area contributed by atoms with Gasteiger partial charge >= 0.3 is 0 Å². The topological polar surface area (TPSA) is 96.8 Å². The molecule has 0 spiro atoms. The molecule has 16 heavy (non-hydrogen) atoms. The zero-order valence-corrected chi connectivity index (χ0v) is 9.06. The molecule has 1 aromatic heterocycles. The third-order valence-corrected chi connectivity index (χ3v) is 2.63. The van der Waals surface area contributed by atoms with Crippen molar-refractivity contribution in [3.05, 3.63) is 22.3 Å². The number of nitrogens with two attached hydrogens (primary N) is 1. The molecule has 1 aromatic rings. The normalized spacial score (nSPS) is 11.5. The van der Waals surface area contributed by atoms with Gasteiger partial charge in [0.2, 0.25) is 0 Å². The molecule has 0 aliphatic heterocycles. The largest absolute Gasteiger partial charge is 0.265 e. The summed E-state index contributed by atoms with van der Waals surface area (Å²) in [4.78, 5) is 3.25. The summed E-state index contributed by atoms with van der Waals surface area (Å²) in [5.41, 5.74) is -1.60. The number of alkyl halides is 2. The number of hydrogen-bond acceptors (Lipinski definition) is 4. The Labute approximate surface area is 94.5 Å². The van der Waals surface area contributed by atoms with Gasteiger partial charge in [0.05, 0.1) is 5.56 Å². The Kier molecular flexibility index (Phi) is 3.42. The van der Waals surface area contributed by atoms with E-state index in [-0.39, 0.29) is 0 Å². The highest BCUT2D eigenvalue weighted by Gasteiger charge is 2.24. The van der Waals surface area contributed by atoms with Crippen LogP contribution in [0.3, 0.4) is 0 Å². The van der Waals surface area contributed by atoms with E-state index >= 15 is 0 Å². The van der Waals surface area contributed by atoms with Gasteiger partial charge in [-0.25, -0.2) is 27.3 Å². The molecule has 0 bridgehead atoms. The SMILES string of the molecule is N#Cc1c(C(F)F)cc(Cl)nc1S(N)(=O)=O. The van der Waals surface area contributed by atoms with E-state index in [1.165, 1.54) is 6.07 Å². The van der Waals surface area contributed by atoms with Crippen LogP contribution in [0.2, 0.25) is 5.15 Å². The highest BCUT2D eigenvalue weighted by molar-refractivity contribution is 7.89. The van der Waals surface area contributed by atoms with Crippen molar-refractivity contribution in [2.24, 2.45) is 5.14 Å². The van der Waals surface area contributed by atoms with Gasteiger partial charge in [-0.1, -0.05) is 11.6 Å². The summed E-state index contributed by atoms with van der Waals surface area (Å²) in [5.74, 6) is 0. The van der Waals surface area contributed by atoms with E-state index in [0.717, 1.165) is 6.07 Å². The fraction of sp³-hybridized carbons (Fsp3) is 0.143. The summed E-state index contributed by atoms with van der Waals surface area (Å²) < 4.78 is 47.0. The van der Waals surface area contributed by atoms with E-state index in [9.17, 15) is 17.2 Å². The summed E-state index contributed by atoms with van der Waals surface area (Å²) in [6.45, 7) is 0. The fourth-order valence-electron chi connectivity index (χ4n) is 0.999. The number of primary sulfonamides is 1. The maximum absolute atomic E-state index is 12.5. The monoisotopic (exact) mass is 267 g/mol. The van der Waals surface area contributed by atoms with Crippen molar-refractivity contribution in [2.75, 3.05) is 0 Å². The molecule has 0 unspecified atom stereocenters. The molecule has 0 radical (unpaired) electrons. The second-order valence-electron chi connectivity index (χ2n) is 2.67. The molecule has 0 saturated carbocycles. The summed E-state index contributed by atoms with van der Waals surface area (Å²) >= 11 is 5.36. The minimum atomic E-state index is -4.38. The average Bonchev–Trinajstić information content (AvgIpc) is 2.14. The van der Waals surface area contributed by atoms with Gasteiger partial charge in [0.1, 0.15) is 11.2 Å². The highest BCUT2D eigenvalue weighted by Crippen LogP contribution is 2.28. The van der Waals surface area contributed by atoms with E-state index in [1.54, 1.807) is 0 Å². The Morgan fingerprint density at radius 3 is 2.50 bits per heavy atom. The number of halogens is 3. The number of sulfonamides is 1. The lowest BCUT2D eigenvalue weighted by Gasteiger charge is -2.06. The second-order valence-corrected chi connectivity index (χ2v) is 4.54. The second kappa shape index (κ2) is 4.29. The van der Waals surface area contributed by atoms with Crippen LogP contribution in [0.1, 0.15) is 17.6 Å². The van der Waals surface area contributed by atoms with Gasteiger partial charge in [-0.05, 0) is 6.07 Å². The van der Waals surface area contributed by atoms with Gasteiger partial charge < -0.3 is 0 Å². The van der Waals surface area contributed by atoms with Crippen LogP contribution < -0.4 is 5.14 Å². The molecule has 0 fully saturated rings. The van der Waals surface area contributed by atoms with Crippen LogP contribution in [-0.4, -0.2) is 13.4 Å². The zero-order chi connectivity index (χ0) is 12.5. The number of rotatable bonds is 2. The van der Waals surface area contributed by atoms with Gasteiger partial charge in [-0.2, -0.15) is 5.26 Å². The van der Waals surface area contributed by atoms with E-state index in [1.807, 2.05) is 0 Å². The summed E-state index contributed by atoms with van der Waals surface area (Å²) in [6.07, 6.45) is -3.05. The standard InChI is InChI=1S/C7H4ClF2N3O2S/c8-5-1-3(6(9)10)4(2-11)7(13-5)16(12,14)15/h1,6H,(H2,12,14,15). The molecule has 0 aliphatic rings. The Balaban J connectivity index is 3.71. The predicted molar refractivity (Wildman–Crippen MR) is 50.3 cm³/mol. The van der Waals surface area contributed by atoms with Gasteiger partial charge in [0, 0.05) is 5.56 Å². The molecule has 9 heteroatoms. The van der Waals surface area contributed by atoms with Gasteiger partial charge in [0.15, 0.2) is 5.03 Å². The van der Waals surface area contributed by atoms with Crippen LogP contribution in [0.5, 0.6) is 0 Å². The number of aromatic nitrogens is 1. The van der Waals surface area contributed by atoms with Crippen LogP contribution in [0.15, 0.2) is 11.1 Å². The minimum absolute atomic E-state index is 0.474. The van der Waals surface area contributed by atoms with E-state index < -0.39 is 37.8 Å². The predicted octanol–water partition coefficient (Wildman–Crippen LogP) is 1.19. The molecule has 0 amide bonds. The quantitative estimate of drug-likeness (QED) is 0.814. The van der Waals surface area contributed by atoms with Gasteiger partial charge in [-0.3, -0.25) is 0 Å². The molecule has 1 rings (SSSR count). The minimum Gasteiger partial charge on any atom is -0.223 e. The lowest BCUT2D eigenvalue weighted by Crippen LogP contribution is -2.17. The van der Waals surface area contributed by atoms with Crippen molar-refractivity contribution in [1.82, 2.24) is 4.98 Å². The Bertz CT molecular complexity index is 568. The van der Waals surface area contributed by atoms with E-state index in [2.05, 4.69) is 4.98 Å². The van der Waals surface area contributed by atoms with Crippen LogP contribution in [0, 0.1) is 11.3 Å².